The zero-order valence-corrected chi connectivity index (χ0v) is 14.9. The lowest BCUT2D eigenvalue weighted by atomic mass is 9.96. The number of halogens is 1. The van der Waals surface area contributed by atoms with Gasteiger partial charge < -0.3 is 25.4 Å². The number of carbonyl (C=O) groups excluding carboxylic acids is 2. The standard InChI is InChI=1S/C15H29N3O4.ClH/c1-3-21-9-10-22-12(2)15(20)18-8-4-5-13(11-18)14(19)17-7-6-16;/h12-13H,3-11,16H2,1-2H3,(H,17,19);1H. The fraction of sp³-hybridized carbons (Fsp3) is 0.867. The molecule has 0 aromatic rings. The summed E-state index contributed by atoms with van der Waals surface area (Å²) < 4.78 is 10.7. The maximum Gasteiger partial charge on any atom is 0.251 e. The van der Waals surface area contributed by atoms with Gasteiger partial charge in [-0.2, -0.15) is 0 Å². The predicted molar refractivity (Wildman–Crippen MR) is 90.5 cm³/mol. The Hall–Kier alpha value is -0.890. The molecule has 1 aliphatic heterocycles. The van der Waals surface area contributed by atoms with Crippen molar-refractivity contribution in [2.75, 3.05) is 46.0 Å². The molecule has 1 heterocycles. The number of hydrogen-bond donors (Lipinski definition) is 2. The lowest BCUT2D eigenvalue weighted by molar-refractivity contribution is -0.146. The summed E-state index contributed by atoms with van der Waals surface area (Å²) in [5.41, 5.74) is 5.38. The van der Waals surface area contributed by atoms with E-state index in [1.807, 2.05) is 6.92 Å². The molecule has 1 aliphatic rings. The van der Waals surface area contributed by atoms with Crippen molar-refractivity contribution in [2.45, 2.75) is 32.8 Å². The van der Waals surface area contributed by atoms with Gasteiger partial charge in [-0.3, -0.25) is 9.59 Å². The molecular weight excluding hydrogens is 322 g/mol. The van der Waals surface area contributed by atoms with Crippen molar-refractivity contribution in [3.05, 3.63) is 0 Å². The first-order valence-corrected chi connectivity index (χ1v) is 8.06. The topological polar surface area (TPSA) is 93.9 Å². The second-order valence-electron chi connectivity index (χ2n) is 5.41. The van der Waals surface area contributed by atoms with E-state index in [2.05, 4.69) is 5.32 Å². The molecule has 1 rings (SSSR count). The highest BCUT2D eigenvalue weighted by atomic mass is 35.5. The van der Waals surface area contributed by atoms with Crippen molar-refractivity contribution < 1.29 is 19.1 Å². The Labute approximate surface area is 144 Å². The first-order valence-electron chi connectivity index (χ1n) is 8.06. The van der Waals surface area contributed by atoms with Gasteiger partial charge in [-0.15, -0.1) is 12.4 Å². The number of ether oxygens (including phenoxy) is 2. The van der Waals surface area contributed by atoms with E-state index in [4.69, 9.17) is 15.2 Å². The first kappa shape index (κ1) is 22.1. The molecule has 23 heavy (non-hydrogen) atoms. The molecule has 2 amide bonds. The molecule has 8 heteroatoms. The third kappa shape index (κ3) is 7.97. The van der Waals surface area contributed by atoms with E-state index in [9.17, 15) is 9.59 Å². The van der Waals surface area contributed by atoms with Crippen molar-refractivity contribution >= 4 is 24.2 Å². The summed E-state index contributed by atoms with van der Waals surface area (Å²) in [4.78, 5) is 26.1. The highest BCUT2D eigenvalue weighted by Gasteiger charge is 2.30. The molecule has 3 N–H and O–H groups in total. The molecule has 0 aromatic heterocycles. The third-order valence-electron chi connectivity index (χ3n) is 3.69. The number of piperidine rings is 1. The highest BCUT2D eigenvalue weighted by Crippen LogP contribution is 2.18. The summed E-state index contributed by atoms with van der Waals surface area (Å²) in [5.74, 6) is -0.236. The van der Waals surface area contributed by atoms with Crippen LogP contribution in [0.15, 0.2) is 0 Å². The van der Waals surface area contributed by atoms with E-state index in [1.54, 1.807) is 11.8 Å². The van der Waals surface area contributed by atoms with Crippen LogP contribution in [0.1, 0.15) is 26.7 Å². The quantitative estimate of drug-likeness (QED) is 0.577. The number of likely N-dealkylation sites (tertiary alicyclic amines) is 1. The maximum absolute atomic E-state index is 12.4. The van der Waals surface area contributed by atoms with Crippen molar-refractivity contribution in [1.82, 2.24) is 10.2 Å². The maximum atomic E-state index is 12.4. The van der Waals surface area contributed by atoms with Gasteiger partial charge in [0.1, 0.15) is 6.10 Å². The number of nitrogens with one attached hydrogen (secondary N) is 1. The number of amides is 2. The predicted octanol–water partition coefficient (Wildman–Crippen LogP) is 0.163. The second-order valence-corrected chi connectivity index (χ2v) is 5.41. The second kappa shape index (κ2) is 12.5. The smallest absolute Gasteiger partial charge is 0.251 e. The average Bonchev–Trinajstić information content (AvgIpc) is 2.55. The van der Waals surface area contributed by atoms with Crippen LogP contribution in [0.25, 0.3) is 0 Å². The van der Waals surface area contributed by atoms with E-state index >= 15 is 0 Å². The van der Waals surface area contributed by atoms with Crippen LogP contribution >= 0.6 is 12.4 Å². The van der Waals surface area contributed by atoms with Crippen LogP contribution in [-0.4, -0.2) is 68.8 Å². The normalized spacial score (nSPS) is 18.9. The van der Waals surface area contributed by atoms with Crippen LogP contribution in [0.4, 0.5) is 0 Å². The van der Waals surface area contributed by atoms with Gasteiger partial charge in [0.15, 0.2) is 0 Å². The first-order chi connectivity index (χ1) is 10.6. The monoisotopic (exact) mass is 351 g/mol. The summed E-state index contributed by atoms with van der Waals surface area (Å²) in [6, 6.07) is 0. The molecular formula is C15H30ClN3O4. The Morgan fingerprint density at radius 1 is 1.39 bits per heavy atom. The van der Waals surface area contributed by atoms with Gasteiger partial charge in [0.25, 0.3) is 5.91 Å². The van der Waals surface area contributed by atoms with E-state index in [1.165, 1.54) is 0 Å². The molecule has 0 aromatic carbocycles. The van der Waals surface area contributed by atoms with Crippen LogP contribution in [-0.2, 0) is 19.1 Å². The SMILES string of the molecule is CCOCCOC(C)C(=O)N1CCCC(C(=O)NCCN)C1.Cl. The van der Waals surface area contributed by atoms with E-state index in [-0.39, 0.29) is 30.1 Å². The molecule has 1 fully saturated rings. The van der Waals surface area contributed by atoms with Crippen molar-refractivity contribution in [2.24, 2.45) is 11.7 Å². The van der Waals surface area contributed by atoms with Crippen LogP contribution in [0.2, 0.25) is 0 Å². The molecule has 0 saturated carbocycles. The fourth-order valence-corrected chi connectivity index (χ4v) is 2.49. The van der Waals surface area contributed by atoms with Crippen LogP contribution in [0, 0.1) is 5.92 Å². The van der Waals surface area contributed by atoms with Gasteiger partial charge >= 0.3 is 0 Å². The van der Waals surface area contributed by atoms with Gasteiger partial charge in [0.05, 0.1) is 19.1 Å². The molecule has 0 radical (unpaired) electrons. The number of nitrogens with zero attached hydrogens (tertiary/aromatic N) is 1. The number of hydrogen-bond acceptors (Lipinski definition) is 5. The van der Waals surface area contributed by atoms with E-state index in [0.29, 0.717) is 46.0 Å². The Morgan fingerprint density at radius 2 is 2.13 bits per heavy atom. The van der Waals surface area contributed by atoms with Crippen molar-refractivity contribution in [3.8, 4) is 0 Å². The minimum Gasteiger partial charge on any atom is -0.379 e. The van der Waals surface area contributed by atoms with Gasteiger partial charge in [-0.05, 0) is 26.7 Å². The molecule has 2 atom stereocenters. The summed E-state index contributed by atoms with van der Waals surface area (Å²) in [6.45, 7) is 7.20. The van der Waals surface area contributed by atoms with E-state index in [0.717, 1.165) is 12.8 Å². The highest BCUT2D eigenvalue weighted by molar-refractivity contribution is 5.85. The number of carbonyl (C=O) groups is 2. The lowest BCUT2D eigenvalue weighted by Gasteiger charge is -2.33. The molecule has 1 saturated heterocycles. The van der Waals surface area contributed by atoms with Gasteiger partial charge in [-0.1, -0.05) is 0 Å². The fourth-order valence-electron chi connectivity index (χ4n) is 2.49. The Balaban J connectivity index is 0.00000484. The molecule has 2 unspecified atom stereocenters. The van der Waals surface area contributed by atoms with Crippen LogP contribution in [0.5, 0.6) is 0 Å². The van der Waals surface area contributed by atoms with Crippen molar-refractivity contribution in [1.29, 1.82) is 0 Å². The van der Waals surface area contributed by atoms with Crippen molar-refractivity contribution in [3.63, 3.8) is 0 Å². The zero-order chi connectivity index (χ0) is 16.4. The summed E-state index contributed by atoms with van der Waals surface area (Å²) in [7, 11) is 0. The summed E-state index contributed by atoms with van der Waals surface area (Å²) in [5, 5.41) is 2.79. The minimum absolute atomic E-state index is 0. The Kier molecular flexibility index (Phi) is 12.0. The molecule has 7 nitrogen and oxygen atoms in total. The van der Waals surface area contributed by atoms with Crippen LogP contribution in [0.3, 0.4) is 0 Å². The average molecular weight is 352 g/mol. The zero-order valence-electron chi connectivity index (χ0n) is 14.1. The Bertz CT molecular complexity index is 358. The number of nitrogens with two attached hydrogens (primary N) is 1. The van der Waals surface area contributed by atoms with Gasteiger partial charge in [0.2, 0.25) is 5.91 Å². The Morgan fingerprint density at radius 3 is 2.78 bits per heavy atom. The molecule has 0 spiro atoms. The molecule has 136 valence electrons. The molecule has 0 aliphatic carbocycles. The minimum atomic E-state index is -0.508. The lowest BCUT2D eigenvalue weighted by Crippen LogP contribution is -2.49. The van der Waals surface area contributed by atoms with E-state index < -0.39 is 6.10 Å². The molecule has 0 bridgehead atoms. The third-order valence-corrected chi connectivity index (χ3v) is 3.69. The van der Waals surface area contributed by atoms with Gasteiger partial charge in [-0.25, -0.2) is 0 Å². The van der Waals surface area contributed by atoms with Crippen LogP contribution < -0.4 is 11.1 Å². The summed E-state index contributed by atoms with van der Waals surface area (Å²) >= 11 is 0. The largest absolute Gasteiger partial charge is 0.379 e. The number of rotatable bonds is 9. The summed E-state index contributed by atoms with van der Waals surface area (Å²) in [6.07, 6.45) is 1.13. The van der Waals surface area contributed by atoms with Gasteiger partial charge in [0, 0.05) is 32.8 Å².